The zero-order valence-corrected chi connectivity index (χ0v) is 6.83. The lowest BCUT2D eigenvalue weighted by molar-refractivity contribution is 0.0669. The molecule has 2 rings (SSSR count). The van der Waals surface area contributed by atoms with Gasteiger partial charge in [-0.25, -0.2) is 4.39 Å². The highest BCUT2D eigenvalue weighted by molar-refractivity contribution is 5.14. The van der Waals surface area contributed by atoms with Crippen LogP contribution < -0.4 is 0 Å². The molecule has 12 heavy (non-hydrogen) atoms. The van der Waals surface area contributed by atoms with Crippen molar-refractivity contribution in [2.45, 2.75) is 25.6 Å². The Balaban J connectivity index is 2.17. The molecule has 0 aromatic carbocycles. The van der Waals surface area contributed by atoms with Crippen LogP contribution >= 0.6 is 0 Å². The molecule has 1 aliphatic carbocycles. The van der Waals surface area contributed by atoms with E-state index in [9.17, 15) is 9.50 Å². The number of halogens is 1. The second-order valence-electron chi connectivity index (χ2n) is 3.60. The Kier molecular flexibility index (Phi) is 1.51. The van der Waals surface area contributed by atoms with Gasteiger partial charge in [-0.05, 0) is 18.6 Å². The van der Waals surface area contributed by atoms with Gasteiger partial charge < -0.3 is 9.52 Å². The molecule has 1 saturated carbocycles. The van der Waals surface area contributed by atoms with Gasteiger partial charge in [0.05, 0.1) is 6.26 Å². The van der Waals surface area contributed by atoms with E-state index in [0.29, 0.717) is 12.2 Å². The Labute approximate surface area is 70.0 Å². The average molecular weight is 170 g/mol. The molecule has 0 bridgehead atoms. The predicted octanol–water partition coefficient (Wildman–Crippen LogP) is 2.06. The fraction of sp³-hybridized carbons (Fsp3) is 0.556. The third kappa shape index (κ3) is 0.966. The Morgan fingerprint density at radius 1 is 1.83 bits per heavy atom. The number of furan rings is 1. The summed E-state index contributed by atoms with van der Waals surface area (Å²) in [5, 5.41) is 9.65. The smallest absolute Gasteiger partial charge is 0.132 e. The van der Waals surface area contributed by atoms with E-state index >= 15 is 0 Å². The van der Waals surface area contributed by atoms with Gasteiger partial charge in [0.15, 0.2) is 0 Å². The molecule has 2 nitrogen and oxygen atoms in total. The lowest BCUT2D eigenvalue weighted by Crippen LogP contribution is -2.11. The number of hydrogen-bond donors (Lipinski definition) is 1. The maximum absolute atomic E-state index is 12.8. The van der Waals surface area contributed by atoms with E-state index in [1.54, 1.807) is 19.1 Å². The molecule has 1 aromatic heterocycles. The van der Waals surface area contributed by atoms with Gasteiger partial charge >= 0.3 is 0 Å². The van der Waals surface area contributed by atoms with Crippen LogP contribution in [-0.2, 0) is 0 Å². The zero-order valence-electron chi connectivity index (χ0n) is 6.83. The molecular weight excluding hydrogens is 159 g/mol. The fourth-order valence-electron chi connectivity index (χ4n) is 1.38. The van der Waals surface area contributed by atoms with Crippen molar-refractivity contribution in [3.8, 4) is 0 Å². The largest absolute Gasteiger partial charge is 0.467 e. The van der Waals surface area contributed by atoms with Crippen LogP contribution in [0.15, 0.2) is 22.8 Å². The molecule has 1 N–H and O–H groups in total. The summed E-state index contributed by atoms with van der Waals surface area (Å²) in [7, 11) is 0. The van der Waals surface area contributed by atoms with Gasteiger partial charge in [-0.15, -0.1) is 0 Å². The molecule has 1 aromatic rings. The molecule has 0 amide bonds. The van der Waals surface area contributed by atoms with Crippen LogP contribution in [0.3, 0.4) is 0 Å². The minimum atomic E-state index is -0.891. The van der Waals surface area contributed by atoms with E-state index in [1.807, 2.05) is 0 Å². The van der Waals surface area contributed by atoms with E-state index in [2.05, 4.69) is 0 Å². The maximum atomic E-state index is 12.8. The molecule has 3 atom stereocenters. The van der Waals surface area contributed by atoms with Crippen molar-refractivity contribution in [2.75, 3.05) is 0 Å². The Hall–Kier alpha value is -0.830. The number of aliphatic hydroxyl groups is 1. The molecule has 1 heterocycles. The van der Waals surface area contributed by atoms with Crippen molar-refractivity contribution >= 4 is 0 Å². The fourth-order valence-corrected chi connectivity index (χ4v) is 1.38. The summed E-state index contributed by atoms with van der Waals surface area (Å²) in [5.41, 5.74) is -0.613. The van der Waals surface area contributed by atoms with Crippen molar-refractivity contribution in [1.29, 1.82) is 0 Å². The number of rotatable bonds is 2. The van der Waals surface area contributed by atoms with Crippen LogP contribution in [0.4, 0.5) is 4.39 Å². The molecule has 3 heteroatoms. The molecule has 1 aliphatic rings. The summed E-state index contributed by atoms with van der Waals surface area (Å²) in [4.78, 5) is 0. The second kappa shape index (κ2) is 2.33. The Morgan fingerprint density at radius 2 is 2.50 bits per heavy atom. The minimum Gasteiger partial charge on any atom is -0.467 e. The number of aliphatic hydroxyl groups excluding tert-OH is 1. The van der Waals surface area contributed by atoms with E-state index < -0.39 is 17.7 Å². The first-order chi connectivity index (χ1) is 5.64. The molecule has 66 valence electrons. The van der Waals surface area contributed by atoms with Crippen molar-refractivity contribution in [1.82, 2.24) is 0 Å². The SMILES string of the molecule is CC1(C(O)c2ccco2)CC1F. The predicted molar refractivity (Wildman–Crippen MR) is 41.3 cm³/mol. The zero-order chi connectivity index (χ0) is 8.77. The van der Waals surface area contributed by atoms with Crippen LogP contribution in [0.25, 0.3) is 0 Å². The van der Waals surface area contributed by atoms with Crippen molar-refractivity contribution in [3.05, 3.63) is 24.2 Å². The van der Waals surface area contributed by atoms with Crippen LogP contribution in [0, 0.1) is 5.41 Å². The molecule has 3 unspecified atom stereocenters. The normalized spacial score (nSPS) is 36.4. The number of hydrogen-bond acceptors (Lipinski definition) is 2. The van der Waals surface area contributed by atoms with Crippen LogP contribution in [0.2, 0.25) is 0 Å². The summed E-state index contributed by atoms with van der Waals surface area (Å²) in [6.07, 6.45) is 0.215. The van der Waals surface area contributed by atoms with Gasteiger partial charge in [0, 0.05) is 5.41 Å². The van der Waals surface area contributed by atoms with Crippen molar-refractivity contribution < 1.29 is 13.9 Å². The van der Waals surface area contributed by atoms with Gasteiger partial charge in [0.2, 0.25) is 0 Å². The summed E-state index contributed by atoms with van der Waals surface area (Å²) < 4.78 is 17.8. The summed E-state index contributed by atoms with van der Waals surface area (Å²) in [6, 6.07) is 3.36. The molecule has 1 fully saturated rings. The standard InChI is InChI=1S/C9H11FO2/c1-9(5-7(9)10)8(11)6-3-2-4-12-6/h2-4,7-8,11H,5H2,1H3. The minimum absolute atomic E-state index is 0.425. The van der Waals surface area contributed by atoms with E-state index in [4.69, 9.17) is 4.42 Å². The first kappa shape index (κ1) is 7.80. The lowest BCUT2D eigenvalue weighted by atomic mass is 10.00. The Bertz CT molecular complexity index is 270. The van der Waals surface area contributed by atoms with Gasteiger partial charge in [-0.3, -0.25) is 0 Å². The molecule has 0 radical (unpaired) electrons. The van der Waals surface area contributed by atoms with Gasteiger partial charge in [0.1, 0.15) is 18.0 Å². The van der Waals surface area contributed by atoms with Crippen LogP contribution in [-0.4, -0.2) is 11.3 Å². The number of alkyl halides is 1. The highest BCUT2D eigenvalue weighted by atomic mass is 19.1. The topological polar surface area (TPSA) is 33.4 Å². The Morgan fingerprint density at radius 3 is 2.92 bits per heavy atom. The van der Waals surface area contributed by atoms with Crippen molar-refractivity contribution in [3.63, 3.8) is 0 Å². The quantitative estimate of drug-likeness (QED) is 0.737. The molecule has 0 spiro atoms. The maximum Gasteiger partial charge on any atom is 0.132 e. The van der Waals surface area contributed by atoms with Crippen LogP contribution in [0.5, 0.6) is 0 Å². The summed E-state index contributed by atoms with van der Waals surface area (Å²) >= 11 is 0. The second-order valence-corrected chi connectivity index (χ2v) is 3.60. The molecular formula is C9H11FO2. The average Bonchev–Trinajstić information content (AvgIpc) is 2.59. The van der Waals surface area contributed by atoms with Crippen LogP contribution in [0.1, 0.15) is 25.2 Å². The molecule has 0 saturated heterocycles. The first-order valence-electron chi connectivity index (χ1n) is 4.00. The van der Waals surface area contributed by atoms with E-state index in [0.717, 1.165) is 0 Å². The lowest BCUT2D eigenvalue weighted by Gasteiger charge is -2.14. The van der Waals surface area contributed by atoms with E-state index in [-0.39, 0.29) is 0 Å². The summed E-state index contributed by atoms with van der Waals surface area (Å²) in [5.74, 6) is 0.456. The van der Waals surface area contributed by atoms with Gasteiger partial charge in [-0.1, -0.05) is 6.92 Å². The first-order valence-corrected chi connectivity index (χ1v) is 4.00. The van der Waals surface area contributed by atoms with Gasteiger partial charge in [-0.2, -0.15) is 0 Å². The third-order valence-electron chi connectivity index (χ3n) is 2.61. The summed E-state index contributed by atoms with van der Waals surface area (Å²) in [6.45, 7) is 1.73. The van der Waals surface area contributed by atoms with E-state index in [1.165, 1.54) is 6.26 Å². The molecule has 0 aliphatic heterocycles. The highest BCUT2D eigenvalue weighted by Gasteiger charge is 2.57. The third-order valence-corrected chi connectivity index (χ3v) is 2.61. The highest BCUT2D eigenvalue weighted by Crippen LogP contribution is 2.56. The monoisotopic (exact) mass is 170 g/mol. The van der Waals surface area contributed by atoms with Crippen molar-refractivity contribution in [2.24, 2.45) is 5.41 Å². The van der Waals surface area contributed by atoms with Gasteiger partial charge in [0.25, 0.3) is 0 Å².